The van der Waals surface area contributed by atoms with E-state index in [-0.39, 0.29) is 36.7 Å². The molecule has 12 heteroatoms. The second kappa shape index (κ2) is 7.91. The highest BCUT2D eigenvalue weighted by molar-refractivity contribution is 7.89. The molecule has 29 heavy (non-hydrogen) atoms. The molecule has 1 aromatic heterocycles. The van der Waals surface area contributed by atoms with Crippen LogP contribution in [0.1, 0.15) is 12.0 Å². The molecule has 152 valence electrons. The van der Waals surface area contributed by atoms with Crippen LogP contribution in [0, 0.1) is 0 Å². The fourth-order valence-corrected chi connectivity index (χ4v) is 5.12. The number of fused-ring (bicyclic) bond motifs is 2. The number of hydroxylamine groups is 1. The standard InChI is InChI=1S/C17H16N4O6S2/c22-16(18-23)6-7-21(9-11-4-5-13-14(8-11)27-10-26-13)29(24,25)15-3-1-2-12-17(15)20-28-19-12/h1-5,8,23H,6-7,9-10H2,(H,18,22). The van der Waals surface area contributed by atoms with Gasteiger partial charge in [0, 0.05) is 19.5 Å². The fourth-order valence-electron chi connectivity index (χ4n) is 2.94. The second-order valence-corrected chi connectivity index (χ2v) is 8.63. The molecule has 0 aliphatic carbocycles. The van der Waals surface area contributed by atoms with Crippen LogP contribution < -0.4 is 15.0 Å². The first-order valence-electron chi connectivity index (χ1n) is 8.52. The first kappa shape index (κ1) is 19.5. The van der Waals surface area contributed by atoms with Gasteiger partial charge in [0.25, 0.3) is 0 Å². The number of nitrogens with zero attached hydrogens (tertiary/aromatic N) is 3. The van der Waals surface area contributed by atoms with Crippen molar-refractivity contribution >= 4 is 38.7 Å². The number of benzene rings is 2. The first-order chi connectivity index (χ1) is 14.0. The maximum atomic E-state index is 13.4. The quantitative estimate of drug-likeness (QED) is 0.421. The molecule has 1 amide bonds. The van der Waals surface area contributed by atoms with Crippen LogP contribution in [0.15, 0.2) is 41.3 Å². The van der Waals surface area contributed by atoms with Gasteiger partial charge in [-0.05, 0) is 29.8 Å². The fraction of sp³-hybridized carbons (Fsp3) is 0.235. The third-order valence-corrected chi connectivity index (χ3v) is 6.80. The molecule has 0 saturated heterocycles. The molecular weight excluding hydrogens is 420 g/mol. The van der Waals surface area contributed by atoms with Gasteiger partial charge in [0.1, 0.15) is 15.9 Å². The molecule has 0 bridgehead atoms. The van der Waals surface area contributed by atoms with Gasteiger partial charge in [0.15, 0.2) is 11.5 Å². The van der Waals surface area contributed by atoms with Crippen molar-refractivity contribution in [3.63, 3.8) is 0 Å². The van der Waals surface area contributed by atoms with E-state index in [4.69, 9.17) is 14.7 Å². The maximum absolute atomic E-state index is 13.4. The van der Waals surface area contributed by atoms with E-state index >= 15 is 0 Å². The van der Waals surface area contributed by atoms with Gasteiger partial charge in [0.2, 0.25) is 22.7 Å². The van der Waals surface area contributed by atoms with Crippen LogP contribution in [-0.2, 0) is 21.4 Å². The molecule has 0 atom stereocenters. The van der Waals surface area contributed by atoms with Gasteiger partial charge >= 0.3 is 0 Å². The summed E-state index contributed by atoms with van der Waals surface area (Å²) in [5.74, 6) is 0.421. The van der Waals surface area contributed by atoms with E-state index in [0.717, 1.165) is 16.0 Å². The predicted octanol–water partition coefficient (Wildman–Crippen LogP) is 1.51. The summed E-state index contributed by atoms with van der Waals surface area (Å²) in [5, 5.41) is 8.76. The summed E-state index contributed by atoms with van der Waals surface area (Å²) in [6, 6.07) is 9.86. The second-order valence-electron chi connectivity index (χ2n) is 6.20. The summed E-state index contributed by atoms with van der Waals surface area (Å²) in [6.45, 7) is -0.0426. The Kier molecular flexibility index (Phi) is 5.32. The van der Waals surface area contributed by atoms with E-state index in [0.29, 0.717) is 22.6 Å². The molecule has 2 aromatic carbocycles. The van der Waals surface area contributed by atoms with Crippen molar-refractivity contribution in [3.8, 4) is 11.5 Å². The summed E-state index contributed by atoms with van der Waals surface area (Å²) in [6.07, 6.45) is -0.217. The van der Waals surface area contributed by atoms with Crippen molar-refractivity contribution in [1.29, 1.82) is 0 Å². The average molecular weight is 436 g/mol. The van der Waals surface area contributed by atoms with E-state index < -0.39 is 15.9 Å². The van der Waals surface area contributed by atoms with Crippen molar-refractivity contribution in [2.24, 2.45) is 0 Å². The minimum Gasteiger partial charge on any atom is -0.454 e. The highest BCUT2D eigenvalue weighted by atomic mass is 32.2. The first-order valence-corrected chi connectivity index (χ1v) is 10.7. The molecule has 10 nitrogen and oxygen atoms in total. The van der Waals surface area contributed by atoms with Crippen LogP contribution in [0.5, 0.6) is 11.5 Å². The Bertz CT molecular complexity index is 1160. The predicted molar refractivity (Wildman–Crippen MR) is 102 cm³/mol. The number of aromatic nitrogens is 2. The van der Waals surface area contributed by atoms with Crippen molar-refractivity contribution in [3.05, 3.63) is 42.0 Å². The number of carbonyl (C=O) groups excluding carboxylic acids is 1. The maximum Gasteiger partial charge on any atom is 0.245 e. The number of ether oxygens (including phenoxy) is 2. The Labute approximate surface area is 170 Å². The van der Waals surface area contributed by atoms with Gasteiger partial charge in [0.05, 0.1) is 11.7 Å². The summed E-state index contributed by atoms with van der Waals surface area (Å²) in [5.41, 5.74) is 2.93. The van der Waals surface area contributed by atoms with Crippen LogP contribution in [0.25, 0.3) is 11.0 Å². The number of rotatable bonds is 7. The van der Waals surface area contributed by atoms with Gasteiger partial charge in [-0.25, -0.2) is 13.9 Å². The molecule has 4 rings (SSSR count). The lowest BCUT2D eigenvalue weighted by molar-refractivity contribution is -0.129. The Morgan fingerprint density at radius 2 is 2.03 bits per heavy atom. The zero-order chi connectivity index (χ0) is 20.4. The molecule has 1 aliphatic heterocycles. The van der Waals surface area contributed by atoms with Gasteiger partial charge in [-0.15, -0.1) is 0 Å². The summed E-state index contributed by atoms with van der Waals surface area (Å²) >= 11 is 0.924. The van der Waals surface area contributed by atoms with Crippen molar-refractivity contribution in [2.45, 2.75) is 17.9 Å². The topological polar surface area (TPSA) is 131 Å². The third-order valence-electron chi connectivity index (χ3n) is 4.38. The van der Waals surface area contributed by atoms with E-state index in [1.54, 1.807) is 30.3 Å². The van der Waals surface area contributed by atoms with Crippen molar-refractivity contribution < 1.29 is 27.9 Å². The number of hydrogen-bond donors (Lipinski definition) is 2. The molecule has 3 aromatic rings. The molecule has 0 radical (unpaired) electrons. The number of hydrogen-bond acceptors (Lipinski definition) is 9. The van der Waals surface area contributed by atoms with Gasteiger partial charge < -0.3 is 9.47 Å². The number of amides is 1. The average Bonchev–Trinajstić information content (AvgIpc) is 3.38. The zero-order valence-electron chi connectivity index (χ0n) is 14.9. The third kappa shape index (κ3) is 3.87. The summed E-state index contributed by atoms with van der Waals surface area (Å²) < 4.78 is 46.8. The smallest absolute Gasteiger partial charge is 0.245 e. The number of carbonyl (C=O) groups is 1. The SMILES string of the molecule is O=C(CCN(Cc1ccc2c(c1)OCO2)S(=O)(=O)c1cccc2nsnc12)NO. The lowest BCUT2D eigenvalue weighted by atomic mass is 10.2. The number of sulfonamides is 1. The monoisotopic (exact) mass is 436 g/mol. The van der Waals surface area contributed by atoms with Gasteiger partial charge in [-0.1, -0.05) is 12.1 Å². The Balaban J connectivity index is 1.69. The lowest BCUT2D eigenvalue weighted by Crippen LogP contribution is -2.34. The normalized spacial score (nSPS) is 13.2. The lowest BCUT2D eigenvalue weighted by Gasteiger charge is -2.22. The summed E-state index contributed by atoms with van der Waals surface area (Å²) in [7, 11) is -4.01. The van der Waals surface area contributed by atoms with E-state index in [1.165, 1.54) is 11.5 Å². The van der Waals surface area contributed by atoms with Gasteiger partial charge in [-0.2, -0.15) is 13.1 Å². The van der Waals surface area contributed by atoms with Gasteiger partial charge in [-0.3, -0.25) is 10.0 Å². The van der Waals surface area contributed by atoms with E-state index in [1.807, 2.05) is 0 Å². The molecule has 0 spiro atoms. The molecule has 0 saturated carbocycles. The molecule has 1 aliphatic rings. The Morgan fingerprint density at radius 3 is 2.86 bits per heavy atom. The highest BCUT2D eigenvalue weighted by Gasteiger charge is 2.29. The minimum absolute atomic E-state index is 0.00824. The molecule has 2 heterocycles. The molecular formula is C17H16N4O6S2. The van der Waals surface area contributed by atoms with Crippen LogP contribution in [0.3, 0.4) is 0 Å². The largest absolute Gasteiger partial charge is 0.454 e. The van der Waals surface area contributed by atoms with Crippen molar-refractivity contribution in [2.75, 3.05) is 13.3 Å². The minimum atomic E-state index is -4.01. The van der Waals surface area contributed by atoms with Crippen LogP contribution >= 0.6 is 11.7 Å². The highest BCUT2D eigenvalue weighted by Crippen LogP contribution is 2.33. The van der Waals surface area contributed by atoms with Crippen molar-refractivity contribution in [1.82, 2.24) is 18.5 Å². The number of nitrogens with one attached hydrogen (secondary N) is 1. The van der Waals surface area contributed by atoms with Crippen LogP contribution in [0.2, 0.25) is 0 Å². The molecule has 0 unspecified atom stereocenters. The molecule has 2 N–H and O–H groups in total. The molecule has 0 fully saturated rings. The van der Waals surface area contributed by atoms with E-state index in [2.05, 4.69) is 8.75 Å². The zero-order valence-corrected chi connectivity index (χ0v) is 16.6. The Hall–Kier alpha value is -2.80. The van der Waals surface area contributed by atoms with Crippen LogP contribution in [-0.4, -0.2) is 45.9 Å². The van der Waals surface area contributed by atoms with Crippen LogP contribution in [0.4, 0.5) is 0 Å². The van der Waals surface area contributed by atoms with E-state index in [9.17, 15) is 13.2 Å². The Morgan fingerprint density at radius 1 is 1.21 bits per heavy atom. The summed E-state index contributed by atoms with van der Waals surface area (Å²) in [4.78, 5) is 11.5.